The molecule has 0 atom stereocenters. The van der Waals surface area contributed by atoms with Gasteiger partial charge in [0.05, 0.1) is 5.75 Å². The Morgan fingerprint density at radius 1 is 1.13 bits per heavy atom. The first kappa shape index (κ1) is 14.0. The fraction of sp³-hybridized carbons (Fsp3) is 0.611. The van der Waals surface area contributed by atoms with Gasteiger partial charge in [-0.1, -0.05) is 17.8 Å². The van der Waals surface area contributed by atoms with Gasteiger partial charge in [0.2, 0.25) is 0 Å². The number of carbonyl (C=O) groups is 1. The highest BCUT2D eigenvalue weighted by Crippen LogP contribution is 2.60. The lowest BCUT2D eigenvalue weighted by Crippen LogP contribution is -2.50. The average molecular weight is 327 g/mol. The summed E-state index contributed by atoms with van der Waals surface area (Å²) in [6.07, 6.45) is 9.57. The van der Waals surface area contributed by atoms with E-state index in [0.717, 1.165) is 47.8 Å². The van der Waals surface area contributed by atoms with Crippen molar-refractivity contribution in [2.75, 3.05) is 5.75 Å². The standard InChI is InChI=1S/C18H21N3OS/c22-15(11-23-17-20-19-16-3-1-2-4-21(16)17)18-8-12-5-13(9-18)7-14(6-12)10-18/h1-4,12-14H,5-11H2. The van der Waals surface area contributed by atoms with Crippen LogP contribution in [-0.2, 0) is 4.79 Å². The molecule has 4 nitrogen and oxygen atoms in total. The lowest BCUT2D eigenvalue weighted by Gasteiger charge is -2.56. The van der Waals surface area contributed by atoms with Gasteiger partial charge in [-0.25, -0.2) is 0 Å². The first-order valence-electron chi connectivity index (χ1n) is 8.68. The second-order valence-electron chi connectivity index (χ2n) is 7.82. The molecule has 120 valence electrons. The van der Waals surface area contributed by atoms with Crippen LogP contribution in [0.1, 0.15) is 38.5 Å². The van der Waals surface area contributed by atoms with E-state index in [9.17, 15) is 4.79 Å². The molecule has 0 saturated heterocycles. The second-order valence-corrected chi connectivity index (χ2v) is 8.76. The highest BCUT2D eigenvalue weighted by atomic mass is 32.2. The van der Waals surface area contributed by atoms with Gasteiger partial charge in [0, 0.05) is 11.6 Å². The molecule has 5 heteroatoms. The van der Waals surface area contributed by atoms with Crippen LogP contribution in [0.15, 0.2) is 29.6 Å². The summed E-state index contributed by atoms with van der Waals surface area (Å²) in [6, 6.07) is 5.87. The smallest absolute Gasteiger partial charge is 0.196 e. The third-order valence-electron chi connectivity index (χ3n) is 6.24. The van der Waals surface area contributed by atoms with E-state index >= 15 is 0 Å². The van der Waals surface area contributed by atoms with E-state index in [1.807, 2.05) is 28.8 Å². The van der Waals surface area contributed by atoms with Crippen LogP contribution in [0.25, 0.3) is 5.65 Å². The molecule has 4 fully saturated rings. The van der Waals surface area contributed by atoms with Gasteiger partial charge in [0.15, 0.2) is 10.8 Å². The quantitative estimate of drug-likeness (QED) is 0.805. The molecule has 0 spiro atoms. The van der Waals surface area contributed by atoms with Gasteiger partial charge in [0.25, 0.3) is 0 Å². The third-order valence-corrected chi connectivity index (χ3v) is 7.19. The van der Waals surface area contributed by atoms with Crippen LogP contribution in [0.4, 0.5) is 0 Å². The maximum atomic E-state index is 13.0. The zero-order valence-electron chi connectivity index (χ0n) is 13.1. The van der Waals surface area contributed by atoms with Crippen LogP contribution in [0, 0.1) is 23.2 Å². The Morgan fingerprint density at radius 3 is 2.52 bits per heavy atom. The Morgan fingerprint density at radius 2 is 1.83 bits per heavy atom. The highest BCUT2D eigenvalue weighted by molar-refractivity contribution is 7.99. The molecule has 2 aromatic heterocycles. The molecule has 4 saturated carbocycles. The van der Waals surface area contributed by atoms with Crippen LogP contribution >= 0.6 is 11.8 Å². The Kier molecular flexibility index (Phi) is 3.09. The molecule has 0 aromatic carbocycles. The van der Waals surface area contributed by atoms with Gasteiger partial charge in [-0.3, -0.25) is 9.20 Å². The van der Waals surface area contributed by atoms with Crippen LogP contribution in [0.3, 0.4) is 0 Å². The highest BCUT2D eigenvalue weighted by Gasteiger charge is 2.54. The van der Waals surface area contributed by atoms with E-state index in [1.54, 1.807) is 11.8 Å². The zero-order chi connectivity index (χ0) is 15.4. The van der Waals surface area contributed by atoms with Gasteiger partial charge in [-0.05, 0) is 68.4 Å². The van der Waals surface area contributed by atoms with Crippen LogP contribution in [0.2, 0.25) is 0 Å². The van der Waals surface area contributed by atoms with E-state index < -0.39 is 0 Å². The van der Waals surface area contributed by atoms with Crippen molar-refractivity contribution < 1.29 is 4.79 Å². The molecule has 2 heterocycles. The minimum absolute atomic E-state index is 0.00222. The van der Waals surface area contributed by atoms with E-state index in [0.29, 0.717) is 11.5 Å². The number of pyridine rings is 1. The molecule has 0 amide bonds. The minimum Gasteiger partial charge on any atom is -0.298 e. The predicted molar refractivity (Wildman–Crippen MR) is 89.3 cm³/mol. The fourth-order valence-corrected chi connectivity index (χ4v) is 6.61. The molecule has 2 aromatic rings. The van der Waals surface area contributed by atoms with Crippen molar-refractivity contribution in [2.24, 2.45) is 23.2 Å². The Labute approximate surface area is 140 Å². The summed E-state index contributed by atoms with van der Waals surface area (Å²) < 4.78 is 1.97. The number of nitrogens with zero attached hydrogens (tertiary/aromatic N) is 3. The Hall–Kier alpha value is -1.36. The summed E-state index contributed by atoms with van der Waals surface area (Å²) in [4.78, 5) is 13.0. The van der Waals surface area contributed by atoms with Crippen molar-refractivity contribution in [3.8, 4) is 0 Å². The van der Waals surface area contributed by atoms with Gasteiger partial charge in [-0.2, -0.15) is 0 Å². The number of Topliss-reactive ketones (excluding diaryl/α,β-unsaturated/α-hetero) is 1. The number of hydrogen-bond acceptors (Lipinski definition) is 4. The van der Waals surface area contributed by atoms with E-state index in [4.69, 9.17) is 0 Å². The third kappa shape index (κ3) is 2.24. The maximum absolute atomic E-state index is 13.0. The van der Waals surface area contributed by atoms with Crippen molar-refractivity contribution in [1.82, 2.24) is 14.6 Å². The van der Waals surface area contributed by atoms with Crippen LogP contribution < -0.4 is 0 Å². The summed E-state index contributed by atoms with van der Waals surface area (Å²) in [7, 11) is 0. The monoisotopic (exact) mass is 327 g/mol. The summed E-state index contributed by atoms with van der Waals surface area (Å²) >= 11 is 1.55. The van der Waals surface area contributed by atoms with Gasteiger partial charge >= 0.3 is 0 Å². The van der Waals surface area contributed by atoms with Gasteiger partial charge in [-0.15, -0.1) is 10.2 Å². The van der Waals surface area contributed by atoms with Crippen molar-refractivity contribution in [2.45, 2.75) is 43.7 Å². The van der Waals surface area contributed by atoms with Crippen molar-refractivity contribution >= 4 is 23.2 Å². The summed E-state index contributed by atoms with van der Waals surface area (Å²) in [5, 5.41) is 9.24. The number of rotatable bonds is 4. The number of ketones is 1. The number of aromatic nitrogens is 3. The van der Waals surface area contributed by atoms with E-state index in [-0.39, 0.29) is 5.41 Å². The fourth-order valence-electron chi connectivity index (χ4n) is 5.65. The zero-order valence-corrected chi connectivity index (χ0v) is 14.0. The molecule has 4 aliphatic carbocycles. The van der Waals surface area contributed by atoms with Gasteiger partial charge in [0.1, 0.15) is 5.78 Å². The van der Waals surface area contributed by atoms with Crippen molar-refractivity contribution in [3.05, 3.63) is 24.4 Å². The normalized spacial score (nSPS) is 35.0. The average Bonchev–Trinajstić information content (AvgIpc) is 2.94. The SMILES string of the molecule is O=C(CSc1nnc2ccccn12)C12CC3CC(CC(C3)C1)C2. The number of carbonyl (C=O) groups excluding carboxylic acids is 1. The molecule has 0 unspecified atom stereocenters. The maximum Gasteiger partial charge on any atom is 0.196 e. The molecular weight excluding hydrogens is 306 g/mol. The molecule has 6 rings (SSSR count). The minimum atomic E-state index is 0.00222. The summed E-state index contributed by atoms with van der Waals surface area (Å²) in [5.41, 5.74) is 0.847. The van der Waals surface area contributed by atoms with Crippen LogP contribution in [-0.4, -0.2) is 26.1 Å². The van der Waals surface area contributed by atoms with Crippen molar-refractivity contribution in [1.29, 1.82) is 0 Å². The van der Waals surface area contributed by atoms with Gasteiger partial charge < -0.3 is 0 Å². The number of thioether (sulfide) groups is 1. The predicted octanol–water partition coefficient (Wildman–Crippen LogP) is 3.61. The van der Waals surface area contributed by atoms with Crippen molar-refractivity contribution in [3.63, 3.8) is 0 Å². The van der Waals surface area contributed by atoms with E-state index in [2.05, 4.69) is 10.2 Å². The lowest BCUT2D eigenvalue weighted by atomic mass is 9.48. The first-order valence-corrected chi connectivity index (χ1v) is 9.66. The molecule has 0 radical (unpaired) electrons. The van der Waals surface area contributed by atoms with E-state index in [1.165, 1.54) is 19.3 Å². The molecular formula is C18H21N3OS. The molecule has 0 N–H and O–H groups in total. The largest absolute Gasteiger partial charge is 0.298 e. The number of fused-ring (bicyclic) bond motifs is 1. The number of hydrogen-bond donors (Lipinski definition) is 0. The Bertz CT molecular complexity index is 733. The first-order chi connectivity index (χ1) is 11.2. The second kappa shape index (κ2) is 5.07. The summed E-state index contributed by atoms with van der Waals surface area (Å²) in [5.74, 6) is 3.48. The lowest BCUT2D eigenvalue weighted by molar-refractivity contribution is -0.141. The molecule has 4 bridgehead atoms. The molecule has 23 heavy (non-hydrogen) atoms. The van der Waals surface area contributed by atoms with Crippen LogP contribution in [0.5, 0.6) is 0 Å². The molecule has 0 aliphatic heterocycles. The Balaban J connectivity index is 1.34. The molecule has 4 aliphatic rings. The summed E-state index contributed by atoms with van der Waals surface area (Å²) in [6.45, 7) is 0. The topological polar surface area (TPSA) is 47.3 Å².